The van der Waals surface area contributed by atoms with E-state index in [2.05, 4.69) is 4.98 Å². The number of rotatable bonds is 5. The molecule has 1 aromatic heterocycles. The minimum absolute atomic E-state index is 0.0212. The van der Waals surface area contributed by atoms with Gasteiger partial charge in [-0.3, -0.25) is 0 Å². The van der Waals surface area contributed by atoms with Crippen molar-refractivity contribution in [3.63, 3.8) is 0 Å². The van der Waals surface area contributed by atoms with Crippen LogP contribution in [0.1, 0.15) is 12.8 Å². The monoisotopic (exact) mass is 351 g/mol. The zero-order valence-electron chi connectivity index (χ0n) is 13.6. The number of hydrogen-bond acceptors (Lipinski definition) is 5. The Bertz CT molecular complexity index is 791. The number of likely N-dealkylation sites (N-methyl/N-ethyl adjacent to an activating group) is 1. The predicted molar refractivity (Wildman–Crippen MR) is 88.0 cm³/mol. The summed E-state index contributed by atoms with van der Waals surface area (Å²) in [5.74, 6) is 0.664. The lowest BCUT2D eigenvalue weighted by molar-refractivity contribution is 0.0332. The van der Waals surface area contributed by atoms with Crippen LogP contribution in [0.5, 0.6) is 5.75 Å². The van der Waals surface area contributed by atoms with E-state index in [-0.39, 0.29) is 5.03 Å². The Balaban J connectivity index is 1.73. The fourth-order valence-corrected chi connectivity index (χ4v) is 4.33. The van der Waals surface area contributed by atoms with E-state index in [4.69, 9.17) is 4.74 Å². The number of sulfonamides is 1. The summed E-state index contributed by atoms with van der Waals surface area (Å²) in [6, 6.07) is 8.68. The van der Waals surface area contributed by atoms with E-state index in [0.717, 1.165) is 0 Å². The molecule has 0 aliphatic heterocycles. The normalized spacial score (nSPS) is 24.4. The van der Waals surface area contributed by atoms with E-state index >= 15 is 0 Å². The molecule has 3 rings (SSSR count). The van der Waals surface area contributed by atoms with Crippen molar-refractivity contribution < 1.29 is 18.3 Å². The number of hydrogen-bond donors (Lipinski definition) is 1. The van der Waals surface area contributed by atoms with Crippen LogP contribution in [0.25, 0.3) is 0 Å². The molecule has 2 aromatic rings. The zero-order valence-corrected chi connectivity index (χ0v) is 14.4. The van der Waals surface area contributed by atoms with Crippen LogP contribution in [0.3, 0.4) is 0 Å². The van der Waals surface area contributed by atoms with Crippen LogP contribution in [0.2, 0.25) is 0 Å². The first kappa shape index (κ1) is 16.9. The average molecular weight is 351 g/mol. The van der Waals surface area contributed by atoms with Gasteiger partial charge in [0.2, 0.25) is 0 Å². The maximum absolute atomic E-state index is 12.6. The highest BCUT2D eigenvalue weighted by atomic mass is 32.2. The smallest absolute Gasteiger partial charge is 0.262 e. The molecule has 0 unspecified atom stereocenters. The standard InChI is InChI=1S/C16H21N3O4S/c1-18-10-15(17-11-18)24(21,22)19(2)13-8-9-14(16(13)20)23-12-6-4-3-5-7-12/h3-7,10-11,13-14,16,20H,8-9H2,1-2H3/t13-,14-,16-/m1/s1. The second-order valence-electron chi connectivity index (χ2n) is 6.00. The molecule has 1 aliphatic carbocycles. The van der Waals surface area contributed by atoms with Gasteiger partial charge in [0.25, 0.3) is 10.0 Å². The van der Waals surface area contributed by atoms with E-state index in [1.807, 2.05) is 30.3 Å². The number of aromatic nitrogens is 2. The summed E-state index contributed by atoms with van der Waals surface area (Å²) in [7, 11) is -0.561. The Hall–Kier alpha value is -1.90. The lowest BCUT2D eigenvalue weighted by Crippen LogP contribution is -2.45. The molecule has 24 heavy (non-hydrogen) atoms. The Morgan fingerprint density at radius 3 is 2.62 bits per heavy atom. The maximum atomic E-state index is 12.6. The van der Waals surface area contributed by atoms with Gasteiger partial charge in [0.1, 0.15) is 18.0 Å². The average Bonchev–Trinajstić information content (AvgIpc) is 3.15. The fourth-order valence-electron chi connectivity index (χ4n) is 2.97. The van der Waals surface area contributed by atoms with Crippen molar-refractivity contribution in [2.75, 3.05) is 7.05 Å². The maximum Gasteiger partial charge on any atom is 0.262 e. The lowest BCUT2D eigenvalue weighted by Gasteiger charge is -2.27. The van der Waals surface area contributed by atoms with Crippen molar-refractivity contribution in [2.45, 2.75) is 36.1 Å². The highest BCUT2D eigenvalue weighted by Gasteiger charge is 2.43. The van der Waals surface area contributed by atoms with Gasteiger partial charge in [-0.05, 0) is 25.0 Å². The third-order valence-corrected chi connectivity index (χ3v) is 6.11. The summed E-state index contributed by atoms with van der Waals surface area (Å²) in [4.78, 5) is 3.91. The molecule has 1 saturated carbocycles. The summed E-state index contributed by atoms with van der Waals surface area (Å²) in [6.07, 6.45) is 2.68. The highest BCUT2D eigenvalue weighted by molar-refractivity contribution is 7.89. The number of nitrogens with zero attached hydrogens (tertiary/aromatic N) is 3. The number of imidazole rings is 1. The van der Waals surface area contributed by atoms with E-state index in [1.54, 1.807) is 11.6 Å². The van der Waals surface area contributed by atoms with E-state index in [0.29, 0.717) is 18.6 Å². The van der Waals surface area contributed by atoms with Crippen LogP contribution in [-0.4, -0.2) is 52.7 Å². The van der Waals surface area contributed by atoms with Crippen LogP contribution < -0.4 is 4.74 Å². The molecule has 8 heteroatoms. The number of ether oxygens (including phenoxy) is 1. The Kier molecular flexibility index (Phi) is 4.62. The third-order valence-electron chi connectivity index (χ3n) is 4.34. The number of para-hydroxylation sites is 1. The minimum atomic E-state index is -3.74. The summed E-state index contributed by atoms with van der Waals surface area (Å²) in [5, 5.41) is 10.5. The van der Waals surface area contributed by atoms with Crippen LogP contribution in [0, 0.1) is 0 Å². The van der Waals surface area contributed by atoms with E-state index in [9.17, 15) is 13.5 Å². The minimum Gasteiger partial charge on any atom is -0.488 e. The van der Waals surface area contributed by atoms with Crippen LogP contribution >= 0.6 is 0 Å². The molecule has 1 aliphatic rings. The number of aliphatic hydroxyl groups is 1. The topological polar surface area (TPSA) is 84.7 Å². The van der Waals surface area contributed by atoms with Gasteiger partial charge in [-0.15, -0.1) is 0 Å². The summed E-state index contributed by atoms with van der Waals surface area (Å²) in [5.41, 5.74) is 0. The lowest BCUT2D eigenvalue weighted by atomic mass is 10.2. The molecule has 7 nitrogen and oxygen atoms in total. The van der Waals surface area contributed by atoms with E-state index in [1.165, 1.54) is 23.9 Å². The molecule has 0 bridgehead atoms. The molecule has 1 heterocycles. The first-order chi connectivity index (χ1) is 11.4. The summed E-state index contributed by atoms with van der Waals surface area (Å²) >= 11 is 0. The Morgan fingerprint density at radius 1 is 1.29 bits per heavy atom. The van der Waals surface area contributed by atoms with Gasteiger partial charge in [0.15, 0.2) is 5.03 Å². The summed E-state index contributed by atoms with van der Waals surface area (Å²) < 4.78 is 33.9. The van der Waals surface area contributed by atoms with Gasteiger partial charge in [-0.1, -0.05) is 18.2 Å². The first-order valence-electron chi connectivity index (χ1n) is 7.75. The number of aliphatic hydroxyl groups excluding tert-OH is 1. The highest BCUT2D eigenvalue weighted by Crippen LogP contribution is 2.30. The van der Waals surface area contributed by atoms with Crippen molar-refractivity contribution in [1.82, 2.24) is 13.9 Å². The molecule has 0 amide bonds. The third kappa shape index (κ3) is 3.17. The molecule has 1 fully saturated rings. The molecule has 130 valence electrons. The van der Waals surface area contributed by atoms with Gasteiger partial charge in [-0.25, -0.2) is 13.4 Å². The van der Waals surface area contributed by atoms with E-state index < -0.39 is 28.3 Å². The van der Waals surface area contributed by atoms with Crippen molar-refractivity contribution in [2.24, 2.45) is 7.05 Å². The van der Waals surface area contributed by atoms with Crippen molar-refractivity contribution in [3.8, 4) is 5.75 Å². The van der Waals surface area contributed by atoms with Gasteiger partial charge < -0.3 is 14.4 Å². The van der Waals surface area contributed by atoms with Gasteiger partial charge >= 0.3 is 0 Å². The summed E-state index contributed by atoms with van der Waals surface area (Å²) in [6.45, 7) is 0. The van der Waals surface area contributed by atoms with Gasteiger partial charge in [0, 0.05) is 20.3 Å². The first-order valence-corrected chi connectivity index (χ1v) is 9.19. The fraction of sp³-hybridized carbons (Fsp3) is 0.438. The molecular weight excluding hydrogens is 330 g/mol. The largest absolute Gasteiger partial charge is 0.488 e. The van der Waals surface area contributed by atoms with Crippen LogP contribution in [-0.2, 0) is 17.1 Å². The Morgan fingerprint density at radius 2 is 2.00 bits per heavy atom. The van der Waals surface area contributed by atoms with Crippen molar-refractivity contribution in [3.05, 3.63) is 42.9 Å². The molecule has 1 N–H and O–H groups in total. The van der Waals surface area contributed by atoms with Crippen molar-refractivity contribution in [1.29, 1.82) is 0 Å². The second-order valence-corrected chi connectivity index (χ2v) is 7.95. The molecule has 0 radical (unpaired) electrons. The zero-order chi connectivity index (χ0) is 17.3. The number of aryl methyl sites for hydroxylation is 1. The van der Waals surface area contributed by atoms with Crippen molar-refractivity contribution >= 4 is 10.0 Å². The molecule has 0 spiro atoms. The predicted octanol–water partition coefficient (Wildman–Crippen LogP) is 1.01. The van der Waals surface area contributed by atoms with Gasteiger partial charge in [-0.2, -0.15) is 4.31 Å². The molecule has 1 aromatic carbocycles. The Labute approximate surface area is 141 Å². The molecular formula is C16H21N3O4S. The number of benzene rings is 1. The quantitative estimate of drug-likeness (QED) is 0.869. The molecule has 0 saturated heterocycles. The SMILES string of the molecule is CN([C@@H]1CC[C@@H](Oc2ccccc2)[C@@H]1O)S(=O)(=O)c1cn(C)cn1. The van der Waals surface area contributed by atoms with Gasteiger partial charge in [0.05, 0.1) is 12.4 Å². The van der Waals surface area contributed by atoms with Crippen LogP contribution in [0.15, 0.2) is 47.9 Å². The van der Waals surface area contributed by atoms with Crippen LogP contribution in [0.4, 0.5) is 0 Å². The molecule has 3 atom stereocenters. The second kappa shape index (κ2) is 6.54.